The lowest BCUT2D eigenvalue weighted by Crippen LogP contribution is -2.51. The van der Waals surface area contributed by atoms with E-state index in [0.717, 1.165) is 0 Å². The average Bonchev–Trinajstić information content (AvgIpc) is 3.96. The molecule has 0 aromatic rings. The van der Waals surface area contributed by atoms with Crippen molar-refractivity contribution >= 4 is 11.8 Å². The summed E-state index contributed by atoms with van der Waals surface area (Å²) in [5.41, 5.74) is 2.22. The van der Waals surface area contributed by atoms with Crippen LogP contribution >= 0.6 is 0 Å². The Hall–Kier alpha value is -1.16. The second-order valence-electron chi connectivity index (χ2n) is 20.1. The number of aliphatic hydroxyl groups excluding tert-OH is 1. The highest BCUT2D eigenvalue weighted by molar-refractivity contribution is 5.91. The van der Waals surface area contributed by atoms with Crippen LogP contribution in [-0.4, -0.2) is 29.1 Å². The number of ether oxygens (including phenoxy) is 1. The first-order valence-corrected chi connectivity index (χ1v) is 22.2. The number of carbonyl (C=O) groups excluding carboxylic acids is 2. The molecule has 0 aromatic heterocycles. The monoisotopic (exact) mass is 691 g/mol. The highest BCUT2D eigenvalue weighted by atomic mass is 16.5. The molecule has 0 amide bonds. The molecule has 0 saturated heterocycles. The van der Waals surface area contributed by atoms with Gasteiger partial charge in [-0.2, -0.15) is 0 Å². The molecule has 0 radical (unpaired) electrons. The zero-order chi connectivity index (χ0) is 34.9. The van der Waals surface area contributed by atoms with Gasteiger partial charge in [-0.05, 0) is 133 Å². The van der Waals surface area contributed by atoms with Crippen LogP contribution in [0.1, 0.15) is 219 Å². The number of hydrogen-bond donors (Lipinski definition) is 1. The normalized spacial score (nSPS) is 31.4. The highest BCUT2D eigenvalue weighted by Gasteiger charge is 2.58. The Balaban J connectivity index is 0.000000119. The Labute approximate surface area is 306 Å². The molecule has 9 saturated carbocycles. The summed E-state index contributed by atoms with van der Waals surface area (Å²) >= 11 is 0. The number of aliphatic hydroxyl groups is 1. The lowest BCUT2D eigenvalue weighted by atomic mass is 9.58. The molecule has 0 aromatic carbocycles. The molecule has 9 aliphatic carbocycles. The lowest BCUT2D eigenvalue weighted by molar-refractivity contribution is -0.174. The van der Waals surface area contributed by atoms with Gasteiger partial charge in [0, 0.05) is 27.2 Å². The third-order valence-corrected chi connectivity index (χ3v) is 17.3. The maximum atomic E-state index is 12.8. The summed E-state index contributed by atoms with van der Waals surface area (Å²) in [6, 6.07) is 0. The number of rotatable bonds is 2. The van der Waals surface area contributed by atoms with Crippen LogP contribution in [0.4, 0.5) is 0 Å². The SMILES string of the molecule is C=C(C)C(=O)OC1C2(CCCC2)CCCC12CCCC2.O=C1C2(CCCC2)CCCC12CCCC2.OC1C2(CCCC2)CCCC12CCCC2. The van der Waals surface area contributed by atoms with E-state index in [1.54, 1.807) is 6.92 Å². The number of esters is 1. The predicted molar refractivity (Wildman–Crippen MR) is 203 cm³/mol. The lowest BCUT2D eigenvalue weighted by Gasteiger charge is -2.51. The van der Waals surface area contributed by atoms with E-state index in [0.29, 0.717) is 33.0 Å². The van der Waals surface area contributed by atoms with Crippen LogP contribution in [0, 0.1) is 32.5 Å². The van der Waals surface area contributed by atoms with Crippen molar-refractivity contribution in [1.82, 2.24) is 0 Å². The molecule has 9 rings (SSSR count). The minimum Gasteiger partial charge on any atom is -0.458 e. The second-order valence-corrected chi connectivity index (χ2v) is 20.1. The summed E-state index contributed by atoms with van der Waals surface area (Å²) in [5, 5.41) is 10.8. The van der Waals surface area contributed by atoms with Crippen LogP contribution in [0.25, 0.3) is 0 Å². The summed E-state index contributed by atoms with van der Waals surface area (Å²) < 4.78 is 6.09. The minimum atomic E-state index is -0.158. The molecular formula is C46H74O4. The van der Waals surface area contributed by atoms with Crippen molar-refractivity contribution in [3.8, 4) is 0 Å². The van der Waals surface area contributed by atoms with Gasteiger partial charge in [0.1, 0.15) is 11.9 Å². The van der Waals surface area contributed by atoms with Gasteiger partial charge in [0.2, 0.25) is 0 Å². The van der Waals surface area contributed by atoms with Crippen LogP contribution in [0.5, 0.6) is 0 Å². The molecule has 0 aliphatic heterocycles. The molecule has 6 spiro atoms. The van der Waals surface area contributed by atoms with Crippen LogP contribution < -0.4 is 0 Å². The van der Waals surface area contributed by atoms with Crippen molar-refractivity contribution in [2.45, 2.75) is 231 Å². The van der Waals surface area contributed by atoms with E-state index in [1.807, 2.05) is 0 Å². The molecular weight excluding hydrogens is 617 g/mol. The van der Waals surface area contributed by atoms with E-state index in [9.17, 15) is 14.7 Å². The van der Waals surface area contributed by atoms with Crippen LogP contribution in [-0.2, 0) is 14.3 Å². The fourth-order valence-corrected chi connectivity index (χ4v) is 14.9. The molecule has 4 nitrogen and oxygen atoms in total. The first-order valence-electron chi connectivity index (χ1n) is 22.2. The van der Waals surface area contributed by atoms with Gasteiger partial charge < -0.3 is 9.84 Å². The number of hydrogen-bond acceptors (Lipinski definition) is 4. The van der Waals surface area contributed by atoms with Gasteiger partial charge in [-0.1, -0.05) is 103 Å². The van der Waals surface area contributed by atoms with E-state index in [4.69, 9.17) is 4.74 Å². The van der Waals surface area contributed by atoms with Crippen molar-refractivity contribution in [2.24, 2.45) is 32.5 Å². The summed E-state index contributed by atoms with van der Waals surface area (Å²) in [6.45, 7) is 5.55. The molecule has 0 unspecified atom stereocenters. The summed E-state index contributed by atoms with van der Waals surface area (Å²) in [5.74, 6) is 0.547. The Morgan fingerprint density at radius 2 is 0.760 bits per heavy atom. The Bertz CT molecular complexity index is 1120. The predicted octanol–water partition coefficient (Wildman–Crippen LogP) is 12.3. The van der Waals surface area contributed by atoms with Gasteiger partial charge in [-0.15, -0.1) is 0 Å². The van der Waals surface area contributed by atoms with Gasteiger partial charge >= 0.3 is 5.97 Å². The number of ketones is 1. The minimum absolute atomic E-state index is 0.0451. The highest BCUT2D eigenvalue weighted by Crippen LogP contribution is 2.62. The smallest absolute Gasteiger partial charge is 0.333 e. The fourth-order valence-electron chi connectivity index (χ4n) is 14.9. The first kappa shape index (κ1) is 37.2. The van der Waals surface area contributed by atoms with Gasteiger partial charge in [0.25, 0.3) is 0 Å². The Morgan fingerprint density at radius 1 is 0.500 bits per heavy atom. The Kier molecular flexibility index (Phi) is 11.1. The third kappa shape index (κ3) is 6.74. The van der Waals surface area contributed by atoms with E-state index < -0.39 is 0 Å². The van der Waals surface area contributed by atoms with Crippen molar-refractivity contribution in [1.29, 1.82) is 0 Å². The molecule has 0 atom stereocenters. The van der Waals surface area contributed by atoms with Crippen LogP contribution in [0.2, 0.25) is 0 Å². The van der Waals surface area contributed by atoms with E-state index >= 15 is 0 Å². The second kappa shape index (κ2) is 14.9. The van der Waals surface area contributed by atoms with Gasteiger partial charge in [0.15, 0.2) is 0 Å². The number of Topliss-reactive ketones (excluding diaryl/α,β-unsaturated/α-hetero) is 1. The molecule has 9 aliphatic rings. The van der Waals surface area contributed by atoms with Gasteiger partial charge in [0.05, 0.1) is 6.10 Å². The molecule has 4 heteroatoms. The molecule has 0 heterocycles. The number of carbonyl (C=O) groups is 2. The topological polar surface area (TPSA) is 63.6 Å². The molecule has 0 bridgehead atoms. The molecule has 1 N–H and O–H groups in total. The van der Waals surface area contributed by atoms with Crippen molar-refractivity contribution < 1.29 is 19.4 Å². The van der Waals surface area contributed by atoms with Crippen LogP contribution in [0.15, 0.2) is 12.2 Å². The van der Waals surface area contributed by atoms with E-state index in [1.165, 1.54) is 212 Å². The van der Waals surface area contributed by atoms with Crippen molar-refractivity contribution in [3.63, 3.8) is 0 Å². The summed E-state index contributed by atoms with van der Waals surface area (Å²) in [4.78, 5) is 24.9. The molecule has 9 fully saturated rings. The molecule has 50 heavy (non-hydrogen) atoms. The van der Waals surface area contributed by atoms with Crippen LogP contribution in [0.3, 0.4) is 0 Å². The maximum absolute atomic E-state index is 12.8. The largest absolute Gasteiger partial charge is 0.458 e. The molecule has 282 valence electrons. The fraction of sp³-hybridized carbons (Fsp3) is 0.913. The van der Waals surface area contributed by atoms with Crippen molar-refractivity contribution in [3.05, 3.63) is 12.2 Å². The van der Waals surface area contributed by atoms with E-state index in [-0.39, 0.29) is 29.0 Å². The first-order chi connectivity index (χ1) is 24.1. The summed E-state index contributed by atoms with van der Waals surface area (Å²) in [6.07, 6.45) is 43.0. The zero-order valence-electron chi connectivity index (χ0n) is 32.4. The standard InChI is InChI=1S/C18H28O2.C14H24O.C14H22O/c1-14(2)15(19)20-16-17(8-3-4-9-17)12-7-13-18(16)10-5-6-11-18;2*15-12-13(6-1-2-7-13)10-5-11-14(12)8-3-4-9-14/h16H,1,3-13H2,2H3;12,15H,1-11H2;1-11H2. The van der Waals surface area contributed by atoms with E-state index in [2.05, 4.69) is 6.58 Å². The van der Waals surface area contributed by atoms with Gasteiger partial charge in [-0.25, -0.2) is 4.79 Å². The summed E-state index contributed by atoms with van der Waals surface area (Å²) in [7, 11) is 0. The Morgan fingerprint density at radius 3 is 1.12 bits per heavy atom. The van der Waals surface area contributed by atoms with Crippen molar-refractivity contribution in [2.75, 3.05) is 0 Å². The maximum Gasteiger partial charge on any atom is 0.333 e. The third-order valence-electron chi connectivity index (χ3n) is 17.3. The zero-order valence-corrected chi connectivity index (χ0v) is 32.4. The quantitative estimate of drug-likeness (QED) is 0.231. The van der Waals surface area contributed by atoms with Gasteiger partial charge in [-0.3, -0.25) is 4.79 Å². The average molecular weight is 691 g/mol.